The predicted octanol–water partition coefficient (Wildman–Crippen LogP) is 6.69. The Morgan fingerprint density at radius 1 is 0.921 bits per heavy atom. The van der Waals surface area contributed by atoms with Crippen LogP contribution in [0.4, 0.5) is 0 Å². The molecule has 0 aliphatic carbocycles. The zero-order valence-corrected chi connectivity index (χ0v) is 22.2. The van der Waals surface area contributed by atoms with Crippen molar-refractivity contribution in [2.75, 3.05) is 19.8 Å². The second-order valence-corrected chi connectivity index (χ2v) is 10.8. The van der Waals surface area contributed by atoms with Crippen LogP contribution in [0.5, 0.6) is 17.2 Å². The van der Waals surface area contributed by atoms with Gasteiger partial charge < -0.3 is 23.7 Å². The number of benzene rings is 3. The highest BCUT2D eigenvalue weighted by Gasteiger charge is 2.14. The van der Waals surface area contributed by atoms with Crippen molar-refractivity contribution in [3.63, 3.8) is 0 Å². The van der Waals surface area contributed by atoms with Gasteiger partial charge in [0.1, 0.15) is 51.0 Å². The Balaban J connectivity index is 1.14. The molecule has 0 radical (unpaired) electrons. The van der Waals surface area contributed by atoms with E-state index in [1.54, 1.807) is 20.7 Å². The van der Waals surface area contributed by atoms with Gasteiger partial charge in [0, 0.05) is 34.7 Å². The molecule has 192 valence electrons. The number of phenols is 1. The van der Waals surface area contributed by atoms with Crippen molar-refractivity contribution < 1.29 is 28.5 Å². The van der Waals surface area contributed by atoms with Crippen LogP contribution < -0.4 is 14.9 Å². The van der Waals surface area contributed by atoms with Crippen LogP contribution in [-0.2, 0) is 9.53 Å². The summed E-state index contributed by atoms with van der Waals surface area (Å²) in [4.78, 5) is 24.7. The lowest BCUT2D eigenvalue weighted by Crippen LogP contribution is -2.18. The first-order chi connectivity index (χ1) is 18.5. The van der Waals surface area contributed by atoms with Crippen LogP contribution in [0.1, 0.15) is 0 Å². The standard InChI is InChI=1S/C28H20O7S3/c29-22-12-20(13-25-27(22)23(30)14-24(35-25)18-4-2-1-3-5-18)34-15-26(31)33-11-10-32-19-8-6-17(7-9-19)21-16-37-38-28(21)36/h1-9,12-14,16,29H,10-11,15H2. The lowest BCUT2D eigenvalue weighted by Gasteiger charge is -2.10. The maximum absolute atomic E-state index is 12.6. The van der Waals surface area contributed by atoms with Gasteiger partial charge in [-0.2, -0.15) is 0 Å². The summed E-state index contributed by atoms with van der Waals surface area (Å²) in [5, 5.41) is 12.4. The molecule has 0 bridgehead atoms. The molecule has 0 spiro atoms. The third kappa shape index (κ3) is 5.94. The minimum atomic E-state index is -0.611. The monoisotopic (exact) mass is 564 g/mol. The minimum Gasteiger partial charge on any atom is -0.507 e. The third-order valence-electron chi connectivity index (χ3n) is 5.49. The van der Waals surface area contributed by atoms with Crippen LogP contribution in [-0.4, -0.2) is 30.9 Å². The highest BCUT2D eigenvalue weighted by Crippen LogP contribution is 2.31. The molecule has 0 saturated carbocycles. The van der Waals surface area contributed by atoms with Crippen molar-refractivity contribution in [2.45, 2.75) is 0 Å². The average molecular weight is 565 g/mol. The minimum absolute atomic E-state index is 0.0325. The molecule has 7 nitrogen and oxygen atoms in total. The number of carbonyl (C=O) groups is 1. The number of hydrogen-bond donors (Lipinski definition) is 1. The molecule has 0 aliphatic heterocycles. The van der Waals surface area contributed by atoms with E-state index >= 15 is 0 Å². The summed E-state index contributed by atoms with van der Waals surface area (Å²) in [5.41, 5.74) is 2.53. The molecule has 10 heteroatoms. The van der Waals surface area contributed by atoms with E-state index < -0.39 is 12.6 Å². The van der Waals surface area contributed by atoms with E-state index in [4.69, 9.17) is 30.8 Å². The number of phenolic OH excluding ortho intramolecular Hbond substituents is 1. The first-order valence-corrected chi connectivity index (χ1v) is 14.1. The Hall–Kier alpha value is -3.99. The lowest BCUT2D eigenvalue weighted by atomic mass is 10.1. The average Bonchev–Trinajstić information content (AvgIpc) is 3.36. The maximum Gasteiger partial charge on any atom is 0.344 e. The van der Waals surface area contributed by atoms with E-state index in [0.29, 0.717) is 17.1 Å². The summed E-state index contributed by atoms with van der Waals surface area (Å²) < 4.78 is 23.0. The fraction of sp³-hybridized carbons (Fsp3) is 0.107. The van der Waals surface area contributed by atoms with Crippen molar-refractivity contribution in [2.24, 2.45) is 0 Å². The van der Waals surface area contributed by atoms with Crippen molar-refractivity contribution in [3.8, 4) is 39.7 Å². The van der Waals surface area contributed by atoms with E-state index in [9.17, 15) is 14.7 Å². The van der Waals surface area contributed by atoms with Crippen LogP contribution in [0.15, 0.2) is 87.4 Å². The van der Waals surface area contributed by atoms with Crippen molar-refractivity contribution >= 4 is 49.8 Å². The predicted molar refractivity (Wildman–Crippen MR) is 150 cm³/mol. The number of rotatable bonds is 9. The molecule has 38 heavy (non-hydrogen) atoms. The van der Waals surface area contributed by atoms with E-state index in [0.717, 1.165) is 15.0 Å². The highest BCUT2D eigenvalue weighted by atomic mass is 32.9. The van der Waals surface area contributed by atoms with Crippen LogP contribution >= 0.6 is 32.9 Å². The van der Waals surface area contributed by atoms with Gasteiger partial charge in [-0.25, -0.2) is 4.79 Å². The number of fused-ring (bicyclic) bond motifs is 1. The summed E-state index contributed by atoms with van der Waals surface area (Å²) in [6.45, 7) is -0.194. The molecule has 2 heterocycles. The van der Waals surface area contributed by atoms with E-state index in [1.807, 2.05) is 60.0 Å². The normalized spacial score (nSPS) is 10.8. The molecule has 5 aromatic rings. The second kappa shape index (κ2) is 11.6. The molecule has 0 fully saturated rings. The first kappa shape index (κ1) is 25.7. The zero-order valence-electron chi connectivity index (χ0n) is 19.7. The first-order valence-electron chi connectivity index (χ1n) is 11.4. The molecule has 0 amide bonds. The Morgan fingerprint density at radius 3 is 2.45 bits per heavy atom. The molecule has 5 rings (SSSR count). The van der Waals surface area contributed by atoms with E-state index in [1.165, 1.54) is 18.2 Å². The van der Waals surface area contributed by atoms with Crippen LogP contribution in [0.3, 0.4) is 0 Å². The number of carbonyl (C=O) groups excluding carboxylic acids is 1. The molecular weight excluding hydrogens is 545 g/mol. The van der Waals surface area contributed by atoms with Crippen molar-refractivity contribution in [3.05, 3.63) is 92.2 Å². The lowest BCUT2D eigenvalue weighted by molar-refractivity contribution is -0.146. The maximum atomic E-state index is 12.6. The third-order valence-corrected chi connectivity index (χ3v) is 8.15. The molecule has 1 N–H and O–H groups in total. The van der Waals surface area contributed by atoms with Gasteiger partial charge in [0.2, 0.25) is 0 Å². The van der Waals surface area contributed by atoms with Crippen LogP contribution in [0.25, 0.3) is 33.4 Å². The molecule has 3 aromatic carbocycles. The highest BCUT2D eigenvalue weighted by molar-refractivity contribution is 7.79. The van der Waals surface area contributed by atoms with Crippen molar-refractivity contribution in [1.82, 2.24) is 0 Å². The number of aromatic hydroxyl groups is 1. The molecular formula is C28H20O7S3. The summed E-state index contributed by atoms with van der Waals surface area (Å²) in [7, 11) is 3.17. The number of ether oxygens (including phenoxy) is 3. The van der Waals surface area contributed by atoms with Gasteiger partial charge in [-0.1, -0.05) is 75.4 Å². The molecule has 0 atom stereocenters. The Morgan fingerprint density at radius 2 is 1.71 bits per heavy atom. The fourth-order valence-corrected chi connectivity index (χ4v) is 6.09. The van der Waals surface area contributed by atoms with Gasteiger partial charge in [0.05, 0.1) is 0 Å². The Labute approximate surface area is 229 Å². The largest absolute Gasteiger partial charge is 0.507 e. The smallest absolute Gasteiger partial charge is 0.344 e. The van der Waals surface area contributed by atoms with Gasteiger partial charge in [0.25, 0.3) is 0 Å². The van der Waals surface area contributed by atoms with Gasteiger partial charge in [-0.3, -0.25) is 4.79 Å². The van der Waals surface area contributed by atoms with Gasteiger partial charge in [-0.15, -0.1) is 0 Å². The summed E-state index contributed by atoms with van der Waals surface area (Å²) in [6.07, 6.45) is 0. The molecule has 0 saturated heterocycles. The number of hydrogen-bond acceptors (Lipinski definition) is 10. The zero-order chi connectivity index (χ0) is 26.5. The Kier molecular flexibility index (Phi) is 7.83. The SMILES string of the molecule is O=C(COc1cc(O)c2c(=O)cc(-c3ccccc3)oc2c1)OCCOc1ccc(-c2cssc2=S)cc1. The molecule has 0 unspecified atom stereocenters. The molecule has 0 aliphatic rings. The quantitative estimate of drug-likeness (QED) is 0.0916. The second-order valence-electron chi connectivity index (χ2n) is 8.04. The van der Waals surface area contributed by atoms with Crippen molar-refractivity contribution in [1.29, 1.82) is 0 Å². The summed E-state index contributed by atoms with van der Waals surface area (Å²) >= 11 is 5.33. The van der Waals surface area contributed by atoms with Gasteiger partial charge in [0.15, 0.2) is 12.0 Å². The van der Waals surface area contributed by atoms with Gasteiger partial charge in [-0.05, 0) is 17.7 Å². The fourth-order valence-electron chi connectivity index (χ4n) is 3.70. The van der Waals surface area contributed by atoms with Crippen LogP contribution in [0.2, 0.25) is 0 Å². The van der Waals surface area contributed by atoms with Crippen LogP contribution in [0, 0.1) is 3.82 Å². The number of esters is 1. The molecule has 2 aromatic heterocycles. The van der Waals surface area contributed by atoms with E-state index in [2.05, 4.69) is 0 Å². The summed E-state index contributed by atoms with van der Waals surface area (Å²) in [6, 6.07) is 20.7. The topological polar surface area (TPSA) is 95.2 Å². The van der Waals surface area contributed by atoms with E-state index in [-0.39, 0.29) is 41.1 Å². The van der Waals surface area contributed by atoms with Gasteiger partial charge >= 0.3 is 5.97 Å². The summed E-state index contributed by atoms with van der Waals surface area (Å²) in [5.74, 6) is 0.242. The Bertz CT molecular complexity index is 1690.